The van der Waals surface area contributed by atoms with Crippen molar-refractivity contribution in [3.8, 4) is 5.75 Å². The van der Waals surface area contributed by atoms with Gasteiger partial charge in [-0.2, -0.15) is 0 Å². The molecule has 3 amide bonds. The number of carbonyl (C=O) groups excluding carboxylic acids is 3. The molecule has 13 heteroatoms. The maximum Gasteiger partial charge on any atom is 0.245 e. The van der Waals surface area contributed by atoms with Gasteiger partial charge in [0.25, 0.3) is 0 Å². The molecule has 3 saturated heterocycles. The Kier molecular flexibility index (Phi) is 8.65. The number of unbranched alkanes of at least 4 members (excludes halogenated alkanes) is 2. The van der Waals surface area contributed by atoms with Crippen LogP contribution >= 0.6 is 27.7 Å². The number of fused-ring (bicyclic) bond motifs is 2. The van der Waals surface area contributed by atoms with Gasteiger partial charge in [0.15, 0.2) is 0 Å². The first-order valence-corrected chi connectivity index (χ1v) is 16.5. The number of amides is 3. The van der Waals surface area contributed by atoms with Crippen molar-refractivity contribution in [1.29, 1.82) is 0 Å². The standard InChI is InChI=1S/C30H35BrN6O5S/c1-2-42-19-12-10-18(11-13-19)33-27(39)23-24-29(41)36(14-6-3-7-15-38)26(30(24)16-20(31)25(23)43-30)28(40)32-17-37-22-9-5-4-8-21(22)34-35-37/h4-5,8-13,20,23-26,38H,2-3,6-7,14-17H2,1H3,(H,32,40)(H,33,39)/t20?,23-,24-,25-,26?,30?/m0/s1. The fraction of sp³-hybridized carbons (Fsp3) is 0.500. The summed E-state index contributed by atoms with van der Waals surface area (Å²) >= 11 is 5.41. The smallest absolute Gasteiger partial charge is 0.245 e. The molecule has 228 valence electrons. The minimum Gasteiger partial charge on any atom is -0.494 e. The molecule has 3 N–H and O–H groups in total. The lowest BCUT2D eigenvalue weighted by Gasteiger charge is -2.35. The normalized spacial score (nSPS) is 27.5. The molecule has 3 aromatic rings. The number of anilines is 1. The Bertz CT molecular complexity index is 1500. The van der Waals surface area contributed by atoms with Crippen molar-refractivity contribution in [2.24, 2.45) is 11.8 Å². The summed E-state index contributed by atoms with van der Waals surface area (Å²) in [4.78, 5) is 43.7. The molecule has 3 unspecified atom stereocenters. The van der Waals surface area contributed by atoms with Crippen molar-refractivity contribution in [1.82, 2.24) is 25.2 Å². The molecule has 43 heavy (non-hydrogen) atoms. The molecular weight excluding hydrogens is 636 g/mol. The van der Waals surface area contributed by atoms with Crippen molar-refractivity contribution in [3.05, 3.63) is 48.5 Å². The second-order valence-corrected chi connectivity index (χ2v) is 13.9. The van der Waals surface area contributed by atoms with E-state index in [-0.39, 0.29) is 41.1 Å². The lowest BCUT2D eigenvalue weighted by Crippen LogP contribution is -2.54. The first kappa shape index (κ1) is 29.9. The molecule has 0 aliphatic carbocycles. The van der Waals surface area contributed by atoms with Gasteiger partial charge in [-0.15, -0.1) is 16.9 Å². The van der Waals surface area contributed by atoms with E-state index in [1.165, 1.54) is 0 Å². The number of hydrogen-bond donors (Lipinski definition) is 3. The Labute approximate surface area is 262 Å². The molecule has 3 aliphatic rings. The van der Waals surface area contributed by atoms with E-state index in [1.54, 1.807) is 45.6 Å². The van der Waals surface area contributed by atoms with Crippen LogP contribution in [0, 0.1) is 11.8 Å². The van der Waals surface area contributed by atoms with Crippen molar-refractivity contribution < 1.29 is 24.2 Å². The topological polar surface area (TPSA) is 139 Å². The van der Waals surface area contributed by atoms with Crippen LogP contribution in [0.25, 0.3) is 11.0 Å². The van der Waals surface area contributed by atoms with Crippen LogP contribution < -0.4 is 15.4 Å². The molecule has 3 aliphatic heterocycles. The Hall–Kier alpha value is -3.16. The van der Waals surface area contributed by atoms with Gasteiger partial charge in [-0.1, -0.05) is 33.3 Å². The van der Waals surface area contributed by atoms with Crippen LogP contribution in [0.5, 0.6) is 5.75 Å². The number of thioether (sulfide) groups is 1. The van der Waals surface area contributed by atoms with Crippen molar-refractivity contribution >= 4 is 62.1 Å². The maximum atomic E-state index is 14.2. The molecule has 2 aromatic carbocycles. The fourth-order valence-electron chi connectivity index (χ4n) is 6.85. The van der Waals surface area contributed by atoms with Gasteiger partial charge in [0.05, 0.1) is 28.7 Å². The predicted molar refractivity (Wildman–Crippen MR) is 167 cm³/mol. The van der Waals surface area contributed by atoms with Crippen LogP contribution in [0.15, 0.2) is 48.5 Å². The van der Waals surface area contributed by atoms with E-state index >= 15 is 0 Å². The Morgan fingerprint density at radius 1 is 1.14 bits per heavy atom. The molecule has 11 nitrogen and oxygen atoms in total. The van der Waals surface area contributed by atoms with E-state index in [0.29, 0.717) is 43.9 Å². The van der Waals surface area contributed by atoms with Gasteiger partial charge in [0.2, 0.25) is 17.7 Å². The molecule has 1 spiro atoms. The summed E-state index contributed by atoms with van der Waals surface area (Å²) < 4.78 is 6.40. The van der Waals surface area contributed by atoms with Crippen LogP contribution in [-0.4, -0.2) is 83.3 Å². The molecule has 0 radical (unpaired) electrons. The van der Waals surface area contributed by atoms with E-state index in [2.05, 4.69) is 36.9 Å². The fourth-order valence-corrected chi connectivity index (χ4v) is 10.5. The van der Waals surface area contributed by atoms with Crippen LogP contribution in [0.4, 0.5) is 5.69 Å². The number of carbonyl (C=O) groups is 3. The van der Waals surface area contributed by atoms with E-state index in [4.69, 9.17) is 4.74 Å². The average molecular weight is 672 g/mol. The van der Waals surface area contributed by atoms with Crippen molar-refractivity contribution in [3.63, 3.8) is 0 Å². The Morgan fingerprint density at radius 3 is 2.70 bits per heavy atom. The van der Waals surface area contributed by atoms with Gasteiger partial charge in [-0.05, 0) is 69.0 Å². The monoisotopic (exact) mass is 670 g/mol. The Balaban J connectivity index is 1.26. The van der Waals surface area contributed by atoms with E-state index in [9.17, 15) is 19.5 Å². The third-order valence-electron chi connectivity index (χ3n) is 8.65. The van der Waals surface area contributed by atoms with Gasteiger partial charge < -0.3 is 25.4 Å². The number of halogens is 1. The van der Waals surface area contributed by atoms with Crippen LogP contribution in [0.1, 0.15) is 32.6 Å². The van der Waals surface area contributed by atoms with E-state index in [0.717, 1.165) is 17.5 Å². The molecule has 0 saturated carbocycles. The van der Waals surface area contributed by atoms with E-state index < -0.39 is 22.6 Å². The third kappa shape index (κ3) is 5.40. The number of para-hydroxylation sites is 1. The number of aliphatic hydroxyl groups is 1. The number of benzene rings is 2. The summed E-state index contributed by atoms with van der Waals surface area (Å²) in [6, 6.07) is 14.0. The molecule has 4 heterocycles. The highest BCUT2D eigenvalue weighted by molar-refractivity contribution is 9.09. The number of aromatic nitrogens is 3. The zero-order valence-corrected chi connectivity index (χ0v) is 26.2. The van der Waals surface area contributed by atoms with Crippen LogP contribution in [0.3, 0.4) is 0 Å². The summed E-state index contributed by atoms with van der Waals surface area (Å²) in [7, 11) is 0. The number of nitrogens with one attached hydrogen (secondary N) is 2. The number of rotatable bonds is 12. The molecule has 3 fully saturated rings. The highest BCUT2D eigenvalue weighted by Crippen LogP contribution is 2.67. The van der Waals surface area contributed by atoms with Gasteiger partial charge >= 0.3 is 0 Å². The van der Waals surface area contributed by atoms with Crippen molar-refractivity contribution in [2.45, 2.75) is 60.1 Å². The summed E-state index contributed by atoms with van der Waals surface area (Å²) in [5, 5.41) is 23.5. The van der Waals surface area contributed by atoms with E-state index in [1.807, 2.05) is 31.2 Å². The average Bonchev–Trinajstić information content (AvgIpc) is 3.72. The number of likely N-dealkylation sites (tertiary alicyclic amines) is 1. The zero-order chi connectivity index (χ0) is 30.1. The lowest BCUT2D eigenvalue weighted by molar-refractivity contribution is -0.139. The van der Waals surface area contributed by atoms with Gasteiger partial charge in [0, 0.05) is 28.9 Å². The summed E-state index contributed by atoms with van der Waals surface area (Å²) in [6.07, 6.45) is 2.61. The van der Waals surface area contributed by atoms with Gasteiger partial charge in [-0.25, -0.2) is 4.68 Å². The number of alkyl halides is 1. The summed E-state index contributed by atoms with van der Waals surface area (Å²) in [5.74, 6) is -1.15. The molecular formula is C30H35BrN6O5S. The third-order valence-corrected chi connectivity index (χ3v) is 11.9. The number of aliphatic hydroxyl groups excluding tert-OH is 1. The minimum absolute atomic E-state index is 0.0264. The second kappa shape index (κ2) is 12.4. The molecule has 6 rings (SSSR count). The van der Waals surface area contributed by atoms with Crippen molar-refractivity contribution in [2.75, 3.05) is 25.1 Å². The van der Waals surface area contributed by atoms with Crippen LogP contribution in [-0.2, 0) is 21.1 Å². The SMILES string of the molecule is CCOc1ccc(NC(=O)[C@H]2[C@H]3C(=O)N(CCCCCO)C(C(=O)NCn4nnc5ccccc54)C34CC(Br)[C@@H]2S4)cc1. The lowest BCUT2D eigenvalue weighted by atomic mass is 9.70. The molecule has 6 atom stereocenters. The number of hydrogen-bond acceptors (Lipinski definition) is 8. The summed E-state index contributed by atoms with van der Waals surface area (Å²) in [5.41, 5.74) is 2.15. The van der Waals surface area contributed by atoms with Gasteiger partial charge in [-0.3, -0.25) is 14.4 Å². The maximum absolute atomic E-state index is 14.2. The second-order valence-electron chi connectivity index (χ2n) is 11.2. The van der Waals surface area contributed by atoms with Crippen LogP contribution in [0.2, 0.25) is 0 Å². The first-order valence-electron chi connectivity index (χ1n) is 14.7. The quantitative estimate of drug-likeness (QED) is 0.197. The highest BCUT2D eigenvalue weighted by Gasteiger charge is 2.75. The highest BCUT2D eigenvalue weighted by atomic mass is 79.9. The first-order chi connectivity index (χ1) is 20.9. The summed E-state index contributed by atoms with van der Waals surface area (Å²) in [6.45, 7) is 3.02. The largest absolute Gasteiger partial charge is 0.494 e. The predicted octanol–water partition coefficient (Wildman–Crippen LogP) is 3.17. The van der Waals surface area contributed by atoms with Gasteiger partial charge in [0.1, 0.15) is 24.0 Å². The molecule has 1 aromatic heterocycles. The minimum atomic E-state index is -0.748. The zero-order valence-electron chi connectivity index (χ0n) is 23.8. The number of nitrogens with zero attached hydrogens (tertiary/aromatic N) is 4. The Morgan fingerprint density at radius 2 is 1.93 bits per heavy atom. The molecule has 2 bridgehead atoms. The number of ether oxygens (including phenoxy) is 1.